The predicted octanol–water partition coefficient (Wildman–Crippen LogP) is 3.53. The maximum absolute atomic E-state index is 10.9. The number of aliphatic carboxylic acids is 1. The van der Waals surface area contributed by atoms with Crippen LogP contribution in [-0.4, -0.2) is 18.2 Å². The number of aryl methyl sites for hydroxylation is 2. The molecule has 3 atom stereocenters. The minimum atomic E-state index is -0.639. The summed E-state index contributed by atoms with van der Waals surface area (Å²) in [6.45, 7) is 6.39. The van der Waals surface area contributed by atoms with Gasteiger partial charge in [-0.25, -0.2) is 0 Å². The van der Waals surface area contributed by atoms with Crippen molar-refractivity contribution in [1.82, 2.24) is 0 Å². The van der Waals surface area contributed by atoms with Crippen LogP contribution in [0.1, 0.15) is 42.4 Å². The van der Waals surface area contributed by atoms with Gasteiger partial charge in [-0.2, -0.15) is 0 Å². The number of carboxylic acids is 1. The van der Waals surface area contributed by atoms with Gasteiger partial charge in [-0.05, 0) is 67.3 Å². The smallest absolute Gasteiger partial charge is 0.306 e. The lowest BCUT2D eigenvalue weighted by Crippen LogP contribution is -2.05. The third-order valence-electron chi connectivity index (χ3n) is 4.19. The number of methoxy groups -OCH3 is 1. The third-order valence-corrected chi connectivity index (χ3v) is 4.19. The highest BCUT2D eigenvalue weighted by atomic mass is 16.5. The van der Waals surface area contributed by atoms with Gasteiger partial charge in [0.1, 0.15) is 5.75 Å². The summed E-state index contributed by atoms with van der Waals surface area (Å²) in [6, 6.07) is 4.11. The molecule has 0 saturated heterocycles. The number of benzene rings is 1. The van der Waals surface area contributed by atoms with E-state index in [9.17, 15) is 4.79 Å². The van der Waals surface area contributed by atoms with Crippen LogP contribution in [0.5, 0.6) is 5.75 Å². The lowest BCUT2D eigenvalue weighted by atomic mass is 9.88. The number of rotatable bonds is 5. The van der Waals surface area contributed by atoms with E-state index >= 15 is 0 Å². The molecule has 0 aliphatic heterocycles. The molecule has 1 aromatic rings. The van der Waals surface area contributed by atoms with Gasteiger partial charge >= 0.3 is 5.97 Å². The van der Waals surface area contributed by atoms with Crippen molar-refractivity contribution in [3.63, 3.8) is 0 Å². The van der Waals surface area contributed by atoms with Crippen LogP contribution in [0.15, 0.2) is 12.1 Å². The summed E-state index contributed by atoms with van der Waals surface area (Å²) >= 11 is 0. The van der Waals surface area contributed by atoms with E-state index in [1.165, 1.54) is 16.7 Å². The van der Waals surface area contributed by atoms with Gasteiger partial charge in [0.25, 0.3) is 0 Å². The Morgan fingerprint density at radius 2 is 2.00 bits per heavy atom. The molecule has 1 aliphatic carbocycles. The number of carboxylic acid groups (broad SMARTS) is 1. The number of hydrogen-bond acceptors (Lipinski definition) is 2. The minimum Gasteiger partial charge on any atom is -0.497 e. The molecular weight excluding hydrogens is 240 g/mol. The molecule has 0 radical (unpaired) electrons. The first kappa shape index (κ1) is 13.9. The lowest BCUT2D eigenvalue weighted by molar-refractivity contribution is -0.138. The average Bonchev–Trinajstić information content (AvgIpc) is 3.07. The fraction of sp³-hybridized carbons (Fsp3) is 0.562. The molecule has 0 aromatic heterocycles. The second kappa shape index (κ2) is 5.24. The third kappa shape index (κ3) is 2.91. The van der Waals surface area contributed by atoms with E-state index in [4.69, 9.17) is 9.84 Å². The van der Waals surface area contributed by atoms with Gasteiger partial charge < -0.3 is 9.84 Å². The molecule has 0 bridgehead atoms. The molecule has 104 valence electrons. The summed E-state index contributed by atoms with van der Waals surface area (Å²) in [5.74, 6) is 0.899. The fourth-order valence-electron chi connectivity index (χ4n) is 3.21. The van der Waals surface area contributed by atoms with Gasteiger partial charge in [-0.1, -0.05) is 6.92 Å². The topological polar surface area (TPSA) is 46.5 Å². The van der Waals surface area contributed by atoms with Crippen LogP contribution in [0.4, 0.5) is 0 Å². The van der Waals surface area contributed by atoms with Crippen molar-refractivity contribution in [2.75, 3.05) is 7.11 Å². The van der Waals surface area contributed by atoms with Crippen LogP contribution in [0, 0.1) is 25.7 Å². The zero-order valence-electron chi connectivity index (χ0n) is 12.1. The van der Waals surface area contributed by atoms with Gasteiger partial charge in [0.15, 0.2) is 0 Å². The van der Waals surface area contributed by atoms with Crippen molar-refractivity contribution in [1.29, 1.82) is 0 Å². The first-order valence-corrected chi connectivity index (χ1v) is 6.82. The summed E-state index contributed by atoms with van der Waals surface area (Å²) in [4.78, 5) is 10.9. The van der Waals surface area contributed by atoms with Crippen molar-refractivity contribution in [3.05, 3.63) is 28.8 Å². The summed E-state index contributed by atoms with van der Waals surface area (Å²) in [6.07, 6.45) is 1.80. The Kier molecular flexibility index (Phi) is 3.83. The molecule has 3 heteroatoms. The minimum absolute atomic E-state index is 0.110. The summed E-state index contributed by atoms with van der Waals surface area (Å²) in [7, 11) is 1.68. The molecule has 1 aliphatic rings. The zero-order chi connectivity index (χ0) is 14.2. The summed E-state index contributed by atoms with van der Waals surface area (Å²) < 4.78 is 5.27. The molecular formula is C16H22O3. The Morgan fingerprint density at radius 3 is 2.42 bits per heavy atom. The molecule has 1 fully saturated rings. The van der Waals surface area contributed by atoms with E-state index in [-0.39, 0.29) is 5.92 Å². The predicted molar refractivity (Wildman–Crippen MR) is 74.7 cm³/mol. The highest BCUT2D eigenvalue weighted by molar-refractivity contribution is 5.73. The van der Waals surface area contributed by atoms with Crippen LogP contribution >= 0.6 is 0 Å². The van der Waals surface area contributed by atoms with E-state index in [1.54, 1.807) is 7.11 Å². The number of ether oxygens (including phenoxy) is 1. The van der Waals surface area contributed by atoms with E-state index in [0.717, 1.165) is 18.6 Å². The fourth-order valence-corrected chi connectivity index (χ4v) is 3.21. The van der Waals surface area contributed by atoms with Crippen molar-refractivity contribution in [2.24, 2.45) is 11.8 Å². The Hall–Kier alpha value is -1.51. The van der Waals surface area contributed by atoms with Crippen molar-refractivity contribution in [2.45, 2.75) is 39.5 Å². The average molecular weight is 262 g/mol. The first-order chi connectivity index (χ1) is 8.93. The largest absolute Gasteiger partial charge is 0.497 e. The first-order valence-electron chi connectivity index (χ1n) is 6.82. The molecule has 0 spiro atoms. The van der Waals surface area contributed by atoms with Gasteiger partial charge in [0.05, 0.1) is 13.0 Å². The van der Waals surface area contributed by atoms with Crippen LogP contribution in [0.25, 0.3) is 0 Å². The SMILES string of the molecule is COc1cc(C)c(C(C)CC2CC2C(=O)O)c(C)c1. The normalized spacial score (nSPS) is 22.9. The Labute approximate surface area is 114 Å². The quantitative estimate of drug-likeness (QED) is 0.883. The van der Waals surface area contributed by atoms with Crippen molar-refractivity contribution < 1.29 is 14.6 Å². The standard InChI is InChI=1S/C16H22O3/c1-9(5-12-8-14(12)16(17)18)15-10(2)6-13(19-4)7-11(15)3/h6-7,9,12,14H,5,8H2,1-4H3,(H,17,18). The number of hydrogen-bond donors (Lipinski definition) is 1. The van der Waals surface area contributed by atoms with E-state index in [2.05, 4.69) is 32.9 Å². The highest BCUT2D eigenvalue weighted by Crippen LogP contribution is 2.46. The van der Waals surface area contributed by atoms with E-state index < -0.39 is 5.97 Å². The maximum Gasteiger partial charge on any atom is 0.306 e. The molecule has 0 amide bonds. The van der Waals surface area contributed by atoms with Crippen LogP contribution in [-0.2, 0) is 4.79 Å². The monoisotopic (exact) mass is 262 g/mol. The summed E-state index contributed by atoms with van der Waals surface area (Å²) in [5.41, 5.74) is 3.81. The van der Waals surface area contributed by atoms with E-state index in [1.807, 2.05) is 0 Å². The molecule has 0 heterocycles. The van der Waals surface area contributed by atoms with Gasteiger partial charge in [0, 0.05) is 0 Å². The Morgan fingerprint density at radius 1 is 1.42 bits per heavy atom. The van der Waals surface area contributed by atoms with Gasteiger partial charge in [0.2, 0.25) is 0 Å². The second-order valence-electron chi connectivity index (χ2n) is 5.75. The zero-order valence-corrected chi connectivity index (χ0v) is 12.1. The molecule has 1 saturated carbocycles. The van der Waals surface area contributed by atoms with E-state index in [0.29, 0.717) is 11.8 Å². The highest BCUT2D eigenvalue weighted by Gasteiger charge is 2.43. The van der Waals surface area contributed by atoms with Gasteiger partial charge in [-0.15, -0.1) is 0 Å². The maximum atomic E-state index is 10.9. The number of carbonyl (C=O) groups is 1. The van der Waals surface area contributed by atoms with Crippen LogP contribution < -0.4 is 4.74 Å². The van der Waals surface area contributed by atoms with Crippen LogP contribution in [0.3, 0.4) is 0 Å². The van der Waals surface area contributed by atoms with Crippen LogP contribution in [0.2, 0.25) is 0 Å². The molecule has 19 heavy (non-hydrogen) atoms. The lowest BCUT2D eigenvalue weighted by Gasteiger charge is -2.18. The van der Waals surface area contributed by atoms with Crippen molar-refractivity contribution in [3.8, 4) is 5.75 Å². The molecule has 3 unspecified atom stereocenters. The van der Waals surface area contributed by atoms with Crippen molar-refractivity contribution >= 4 is 5.97 Å². The molecule has 2 rings (SSSR count). The van der Waals surface area contributed by atoms with Gasteiger partial charge in [-0.3, -0.25) is 4.79 Å². The second-order valence-corrected chi connectivity index (χ2v) is 5.75. The molecule has 1 N–H and O–H groups in total. The molecule has 1 aromatic carbocycles. The Balaban J connectivity index is 2.11. The molecule has 3 nitrogen and oxygen atoms in total. The summed E-state index contributed by atoms with van der Waals surface area (Å²) in [5, 5.41) is 8.97. The Bertz CT molecular complexity index is 470.